The highest BCUT2D eigenvalue weighted by molar-refractivity contribution is 5.88. The largest absolute Gasteiger partial charge is 0.297 e. The average molecular weight is 308 g/mol. The zero-order valence-electron chi connectivity index (χ0n) is 12.5. The van der Waals surface area contributed by atoms with Crippen molar-refractivity contribution < 1.29 is 0 Å². The van der Waals surface area contributed by atoms with Crippen LogP contribution in [0.5, 0.6) is 0 Å². The van der Waals surface area contributed by atoms with Gasteiger partial charge in [0.15, 0.2) is 0 Å². The highest BCUT2D eigenvalue weighted by atomic mass is 35.5. The van der Waals surface area contributed by atoms with Gasteiger partial charge in [-0.05, 0) is 46.4 Å². The van der Waals surface area contributed by atoms with E-state index in [1.807, 2.05) is 0 Å². The standard InChI is InChI=1S/C20H17N.ClH/c1-20-17-9-5-4-8-15(17)19(21-20)12-16-14-7-3-2-6-13(14)10-11-18(16)20;/h2-11,19,21H,12H2,1H3;1H. The van der Waals surface area contributed by atoms with E-state index in [1.54, 1.807) is 0 Å². The van der Waals surface area contributed by atoms with Gasteiger partial charge in [0.25, 0.3) is 0 Å². The van der Waals surface area contributed by atoms with Crippen LogP contribution in [0.2, 0.25) is 0 Å². The van der Waals surface area contributed by atoms with Gasteiger partial charge in [-0.2, -0.15) is 0 Å². The van der Waals surface area contributed by atoms with Crippen LogP contribution >= 0.6 is 12.4 Å². The summed E-state index contributed by atoms with van der Waals surface area (Å²) in [4.78, 5) is 0. The van der Waals surface area contributed by atoms with Gasteiger partial charge in [-0.1, -0.05) is 60.7 Å². The molecule has 2 bridgehead atoms. The highest BCUT2D eigenvalue weighted by Crippen LogP contribution is 2.49. The van der Waals surface area contributed by atoms with E-state index in [1.165, 1.54) is 33.0 Å². The van der Waals surface area contributed by atoms with Crippen LogP contribution in [-0.2, 0) is 12.0 Å². The third-order valence-electron chi connectivity index (χ3n) is 5.33. The molecule has 0 spiro atoms. The summed E-state index contributed by atoms with van der Waals surface area (Å²) >= 11 is 0. The van der Waals surface area contributed by atoms with Crippen LogP contribution in [-0.4, -0.2) is 0 Å². The van der Waals surface area contributed by atoms with Crippen LogP contribution in [0.1, 0.15) is 35.2 Å². The van der Waals surface area contributed by atoms with Gasteiger partial charge in [0.1, 0.15) is 0 Å². The fourth-order valence-electron chi connectivity index (χ4n) is 4.37. The van der Waals surface area contributed by atoms with Crippen molar-refractivity contribution >= 4 is 23.2 Å². The third-order valence-corrected chi connectivity index (χ3v) is 5.33. The first-order valence-corrected chi connectivity index (χ1v) is 7.65. The minimum absolute atomic E-state index is 0. The third kappa shape index (κ3) is 1.58. The molecule has 22 heavy (non-hydrogen) atoms. The second-order valence-corrected chi connectivity index (χ2v) is 6.43. The van der Waals surface area contributed by atoms with Crippen LogP contribution in [0.25, 0.3) is 10.8 Å². The first kappa shape index (κ1) is 13.8. The second kappa shape index (κ2) is 4.58. The Morgan fingerprint density at radius 3 is 2.59 bits per heavy atom. The molecule has 0 amide bonds. The Labute approximate surface area is 136 Å². The van der Waals surface area contributed by atoms with Crippen LogP contribution in [0, 0.1) is 0 Å². The van der Waals surface area contributed by atoms with Crippen molar-refractivity contribution in [1.82, 2.24) is 5.32 Å². The lowest BCUT2D eigenvalue weighted by Crippen LogP contribution is -2.41. The van der Waals surface area contributed by atoms with Gasteiger partial charge in [-0.25, -0.2) is 0 Å². The number of hydrogen-bond donors (Lipinski definition) is 1. The first-order valence-electron chi connectivity index (χ1n) is 7.65. The van der Waals surface area contributed by atoms with Crippen LogP contribution in [0.15, 0.2) is 60.7 Å². The van der Waals surface area contributed by atoms with E-state index in [-0.39, 0.29) is 17.9 Å². The predicted octanol–water partition coefficient (Wildman–Crippen LogP) is 4.73. The molecule has 1 N–H and O–H groups in total. The van der Waals surface area contributed by atoms with Gasteiger partial charge >= 0.3 is 0 Å². The molecular weight excluding hydrogens is 290 g/mol. The van der Waals surface area contributed by atoms with Gasteiger partial charge < -0.3 is 0 Å². The Bertz CT molecular complexity index is 886. The van der Waals surface area contributed by atoms with E-state index in [0.29, 0.717) is 6.04 Å². The molecule has 2 aliphatic heterocycles. The lowest BCUT2D eigenvalue weighted by atomic mass is 9.80. The summed E-state index contributed by atoms with van der Waals surface area (Å²) in [6.07, 6.45) is 1.09. The van der Waals surface area contributed by atoms with Crippen LogP contribution < -0.4 is 5.32 Å². The molecule has 0 saturated heterocycles. The SMILES string of the molecule is CC12NC(Cc3c1ccc1ccccc31)c1ccccc12.Cl. The molecule has 0 aliphatic carbocycles. The quantitative estimate of drug-likeness (QED) is 0.633. The number of nitrogens with one attached hydrogen (secondary N) is 1. The average Bonchev–Trinajstić information content (AvgIpc) is 2.77. The number of benzene rings is 3. The highest BCUT2D eigenvalue weighted by Gasteiger charge is 2.45. The minimum atomic E-state index is -0.0428. The summed E-state index contributed by atoms with van der Waals surface area (Å²) in [6.45, 7) is 2.33. The number of halogens is 1. The van der Waals surface area contributed by atoms with E-state index in [4.69, 9.17) is 0 Å². The summed E-state index contributed by atoms with van der Waals surface area (Å²) in [5, 5.41) is 6.62. The number of rotatable bonds is 0. The Morgan fingerprint density at radius 1 is 0.909 bits per heavy atom. The number of fused-ring (bicyclic) bond motifs is 9. The molecule has 3 aromatic rings. The molecule has 0 fully saturated rings. The molecule has 2 aliphatic rings. The summed E-state index contributed by atoms with van der Waals surface area (Å²) in [6, 6.07) is 22.7. The summed E-state index contributed by atoms with van der Waals surface area (Å²) in [7, 11) is 0. The fourth-order valence-corrected chi connectivity index (χ4v) is 4.37. The van der Waals surface area contributed by atoms with Crippen LogP contribution in [0.3, 0.4) is 0 Å². The number of hydrogen-bond acceptors (Lipinski definition) is 1. The van der Waals surface area contributed by atoms with Crippen molar-refractivity contribution in [3.8, 4) is 0 Å². The van der Waals surface area contributed by atoms with Gasteiger partial charge in [0.2, 0.25) is 0 Å². The van der Waals surface area contributed by atoms with Crippen molar-refractivity contribution in [1.29, 1.82) is 0 Å². The van der Waals surface area contributed by atoms with Crippen molar-refractivity contribution in [2.24, 2.45) is 0 Å². The normalized spacial score (nSPS) is 24.5. The van der Waals surface area contributed by atoms with E-state index in [0.717, 1.165) is 6.42 Å². The zero-order valence-corrected chi connectivity index (χ0v) is 13.3. The van der Waals surface area contributed by atoms with Crippen LogP contribution in [0.4, 0.5) is 0 Å². The molecule has 0 saturated carbocycles. The van der Waals surface area contributed by atoms with Gasteiger partial charge in [-0.15, -0.1) is 12.4 Å². The monoisotopic (exact) mass is 307 g/mol. The Balaban J connectivity index is 0.00000125. The maximum absolute atomic E-state index is 3.85. The fraction of sp³-hybridized carbons (Fsp3) is 0.200. The second-order valence-electron chi connectivity index (χ2n) is 6.43. The molecule has 2 atom stereocenters. The Morgan fingerprint density at radius 2 is 1.68 bits per heavy atom. The minimum Gasteiger partial charge on any atom is -0.297 e. The van der Waals surface area contributed by atoms with Crippen molar-refractivity contribution in [2.75, 3.05) is 0 Å². The Kier molecular flexibility index (Phi) is 2.87. The molecule has 0 radical (unpaired) electrons. The van der Waals surface area contributed by atoms with Gasteiger partial charge in [-0.3, -0.25) is 5.32 Å². The first-order chi connectivity index (χ1) is 10.3. The summed E-state index contributed by atoms with van der Waals surface area (Å²) in [5.41, 5.74) is 5.85. The van der Waals surface area contributed by atoms with Crippen molar-refractivity contribution in [3.05, 3.63) is 82.9 Å². The van der Waals surface area contributed by atoms with E-state index >= 15 is 0 Å². The topological polar surface area (TPSA) is 12.0 Å². The Hall–Kier alpha value is -1.83. The molecule has 2 heteroatoms. The van der Waals surface area contributed by atoms with Crippen molar-refractivity contribution in [2.45, 2.75) is 24.9 Å². The molecule has 0 aromatic heterocycles. The smallest absolute Gasteiger partial charge is 0.0672 e. The predicted molar refractivity (Wildman–Crippen MR) is 93.7 cm³/mol. The van der Waals surface area contributed by atoms with E-state index < -0.39 is 0 Å². The van der Waals surface area contributed by atoms with Gasteiger partial charge in [0, 0.05) is 6.04 Å². The maximum atomic E-state index is 3.85. The molecule has 1 nitrogen and oxygen atoms in total. The van der Waals surface area contributed by atoms with E-state index in [2.05, 4.69) is 72.9 Å². The lowest BCUT2D eigenvalue weighted by Gasteiger charge is -2.35. The maximum Gasteiger partial charge on any atom is 0.0672 e. The molecule has 3 aromatic carbocycles. The lowest BCUT2D eigenvalue weighted by molar-refractivity contribution is 0.390. The zero-order chi connectivity index (χ0) is 14.0. The molecule has 2 heterocycles. The molecule has 5 rings (SSSR count). The van der Waals surface area contributed by atoms with Gasteiger partial charge in [0.05, 0.1) is 5.54 Å². The van der Waals surface area contributed by atoms with E-state index in [9.17, 15) is 0 Å². The molecule has 110 valence electrons. The van der Waals surface area contributed by atoms with Crippen molar-refractivity contribution in [3.63, 3.8) is 0 Å². The molecular formula is C20H18ClN. The summed E-state index contributed by atoms with van der Waals surface area (Å²) in [5.74, 6) is 0. The summed E-state index contributed by atoms with van der Waals surface area (Å²) < 4.78 is 0. The molecule has 2 unspecified atom stereocenters.